The maximum atomic E-state index is 13.0. The summed E-state index contributed by atoms with van der Waals surface area (Å²) in [5.74, 6) is -1.06. The van der Waals surface area contributed by atoms with Crippen LogP contribution in [-0.2, 0) is 4.79 Å². The van der Waals surface area contributed by atoms with E-state index in [0.29, 0.717) is 11.1 Å². The number of carbonyl (C=O) groups excluding carboxylic acids is 2. The van der Waals surface area contributed by atoms with Crippen LogP contribution in [0.1, 0.15) is 29.3 Å². The number of hydrogen-bond donors (Lipinski definition) is 1. The van der Waals surface area contributed by atoms with Gasteiger partial charge in [0.05, 0.1) is 0 Å². The quantitative estimate of drug-likeness (QED) is 0.789. The van der Waals surface area contributed by atoms with Crippen LogP contribution in [0.4, 0.5) is 4.39 Å². The van der Waals surface area contributed by atoms with E-state index in [9.17, 15) is 14.0 Å². The van der Waals surface area contributed by atoms with E-state index in [1.807, 2.05) is 0 Å². The summed E-state index contributed by atoms with van der Waals surface area (Å²) < 4.78 is 13.0. The summed E-state index contributed by atoms with van der Waals surface area (Å²) in [4.78, 5) is 21.7. The van der Waals surface area contributed by atoms with Crippen molar-refractivity contribution in [1.29, 1.82) is 0 Å². The number of ketones is 1. The van der Waals surface area contributed by atoms with Gasteiger partial charge in [0, 0.05) is 12.0 Å². The number of rotatable bonds is 4. The third-order valence-electron chi connectivity index (χ3n) is 2.01. The summed E-state index contributed by atoms with van der Waals surface area (Å²) in [6, 6.07) is 3.89. The van der Waals surface area contributed by atoms with E-state index in [2.05, 4.69) is 0 Å². The van der Waals surface area contributed by atoms with Crippen molar-refractivity contribution in [1.82, 2.24) is 0 Å². The summed E-state index contributed by atoms with van der Waals surface area (Å²) in [6.45, 7) is 1.40. The lowest BCUT2D eigenvalue weighted by atomic mass is 10.0. The molecule has 0 heterocycles. The zero-order valence-electron chi connectivity index (χ0n) is 8.87. The van der Waals surface area contributed by atoms with Crippen LogP contribution in [0.3, 0.4) is 0 Å². The molecule has 0 aliphatic carbocycles. The minimum absolute atomic E-state index is 0.0634. The summed E-state index contributed by atoms with van der Waals surface area (Å²) in [5.41, 5.74) is 5.82. The van der Waals surface area contributed by atoms with E-state index in [1.165, 1.54) is 37.3 Å². The van der Waals surface area contributed by atoms with Gasteiger partial charge < -0.3 is 5.73 Å². The van der Waals surface area contributed by atoms with E-state index in [0.717, 1.165) is 0 Å². The minimum atomic E-state index is -0.475. The molecule has 4 heteroatoms. The largest absolute Gasteiger partial charge is 0.369 e. The standard InChI is InChI=1S/C12H12FNO2/c1-8(15)11-6-5-10(13)7-9(11)3-2-4-12(14)16/h2-3,5-7H,4H2,1H3,(H2,14,16). The number of carbonyl (C=O) groups is 2. The Morgan fingerprint density at radius 3 is 2.69 bits per heavy atom. The van der Waals surface area contributed by atoms with Crippen LogP contribution in [0.2, 0.25) is 0 Å². The van der Waals surface area contributed by atoms with Gasteiger partial charge in [-0.3, -0.25) is 9.59 Å². The zero-order valence-corrected chi connectivity index (χ0v) is 8.87. The molecule has 16 heavy (non-hydrogen) atoms. The van der Waals surface area contributed by atoms with Gasteiger partial charge in [0.1, 0.15) is 5.82 Å². The monoisotopic (exact) mass is 221 g/mol. The summed E-state index contributed by atoms with van der Waals surface area (Å²) in [6.07, 6.45) is 3.09. The minimum Gasteiger partial charge on any atom is -0.369 e. The average Bonchev–Trinajstić information content (AvgIpc) is 2.16. The molecule has 0 fully saturated rings. The molecule has 0 saturated heterocycles. The highest BCUT2D eigenvalue weighted by Crippen LogP contribution is 2.14. The maximum absolute atomic E-state index is 13.0. The molecule has 0 aromatic heterocycles. The van der Waals surface area contributed by atoms with Gasteiger partial charge in [-0.1, -0.05) is 12.2 Å². The van der Waals surface area contributed by atoms with Gasteiger partial charge in [0.15, 0.2) is 5.78 Å². The molecule has 0 atom stereocenters. The second kappa shape index (κ2) is 5.21. The first-order chi connectivity index (χ1) is 7.50. The van der Waals surface area contributed by atoms with Crippen molar-refractivity contribution < 1.29 is 14.0 Å². The fourth-order valence-corrected chi connectivity index (χ4v) is 1.29. The predicted octanol–water partition coefficient (Wildman–Crippen LogP) is 1.92. The Morgan fingerprint density at radius 1 is 1.44 bits per heavy atom. The van der Waals surface area contributed by atoms with Crippen LogP contribution >= 0.6 is 0 Å². The van der Waals surface area contributed by atoms with E-state index < -0.39 is 11.7 Å². The van der Waals surface area contributed by atoms with Gasteiger partial charge >= 0.3 is 0 Å². The van der Waals surface area contributed by atoms with Crippen LogP contribution in [-0.4, -0.2) is 11.7 Å². The number of nitrogens with two attached hydrogens (primary N) is 1. The van der Waals surface area contributed by atoms with Gasteiger partial charge in [0.2, 0.25) is 5.91 Å². The lowest BCUT2D eigenvalue weighted by molar-refractivity contribution is -0.117. The van der Waals surface area contributed by atoms with Crippen LogP contribution < -0.4 is 5.73 Å². The molecule has 84 valence electrons. The first-order valence-corrected chi connectivity index (χ1v) is 4.76. The van der Waals surface area contributed by atoms with Gasteiger partial charge in [-0.05, 0) is 30.7 Å². The molecule has 1 aromatic rings. The number of primary amides is 1. The second-order valence-corrected chi connectivity index (χ2v) is 3.36. The van der Waals surface area contributed by atoms with Gasteiger partial charge in [-0.15, -0.1) is 0 Å². The van der Waals surface area contributed by atoms with Crippen molar-refractivity contribution in [2.45, 2.75) is 13.3 Å². The molecule has 0 spiro atoms. The van der Waals surface area contributed by atoms with E-state index in [-0.39, 0.29) is 12.2 Å². The van der Waals surface area contributed by atoms with Crippen LogP contribution in [0, 0.1) is 5.82 Å². The molecule has 0 saturated carbocycles. The summed E-state index contributed by atoms with van der Waals surface area (Å²) in [7, 11) is 0. The molecule has 0 radical (unpaired) electrons. The Balaban J connectivity index is 3.01. The summed E-state index contributed by atoms with van der Waals surface area (Å²) in [5, 5.41) is 0. The highest BCUT2D eigenvalue weighted by molar-refractivity contribution is 5.97. The number of hydrogen-bond acceptors (Lipinski definition) is 2. The van der Waals surface area contributed by atoms with Gasteiger partial charge in [-0.25, -0.2) is 4.39 Å². The van der Waals surface area contributed by atoms with Crippen molar-refractivity contribution in [3.05, 3.63) is 41.2 Å². The molecule has 0 aliphatic rings. The molecule has 2 N–H and O–H groups in total. The Kier molecular flexibility index (Phi) is 3.94. The predicted molar refractivity (Wildman–Crippen MR) is 59.2 cm³/mol. The molecule has 0 unspecified atom stereocenters. The number of Topliss-reactive ketones (excluding diaryl/α,β-unsaturated/α-hetero) is 1. The maximum Gasteiger partial charge on any atom is 0.221 e. The topological polar surface area (TPSA) is 60.2 Å². The fraction of sp³-hybridized carbons (Fsp3) is 0.167. The molecule has 3 nitrogen and oxygen atoms in total. The highest BCUT2D eigenvalue weighted by Gasteiger charge is 2.05. The Labute approximate surface area is 92.8 Å². The molecule has 1 amide bonds. The van der Waals surface area contributed by atoms with E-state index >= 15 is 0 Å². The van der Waals surface area contributed by atoms with Crippen LogP contribution in [0.15, 0.2) is 24.3 Å². The van der Waals surface area contributed by atoms with Crippen molar-refractivity contribution in [2.24, 2.45) is 5.73 Å². The Hall–Kier alpha value is -1.97. The van der Waals surface area contributed by atoms with Crippen LogP contribution in [0.5, 0.6) is 0 Å². The lowest BCUT2D eigenvalue weighted by Crippen LogP contribution is -2.08. The van der Waals surface area contributed by atoms with Gasteiger partial charge in [-0.2, -0.15) is 0 Å². The van der Waals surface area contributed by atoms with E-state index in [1.54, 1.807) is 0 Å². The molecule has 1 aromatic carbocycles. The molecule has 0 aliphatic heterocycles. The van der Waals surface area contributed by atoms with Crippen molar-refractivity contribution in [3.8, 4) is 0 Å². The first kappa shape index (κ1) is 12.1. The fourth-order valence-electron chi connectivity index (χ4n) is 1.29. The highest BCUT2D eigenvalue weighted by atomic mass is 19.1. The molecule has 0 bridgehead atoms. The third kappa shape index (κ3) is 3.31. The van der Waals surface area contributed by atoms with Crippen molar-refractivity contribution in [3.63, 3.8) is 0 Å². The lowest BCUT2D eigenvalue weighted by Gasteiger charge is -2.01. The molecular weight excluding hydrogens is 209 g/mol. The smallest absolute Gasteiger partial charge is 0.221 e. The summed E-state index contributed by atoms with van der Waals surface area (Å²) >= 11 is 0. The Morgan fingerprint density at radius 2 is 2.12 bits per heavy atom. The van der Waals surface area contributed by atoms with Crippen LogP contribution in [0.25, 0.3) is 6.08 Å². The molecule has 1 rings (SSSR count). The van der Waals surface area contributed by atoms with Crippen molar-refractivity contribution in [2.75, 3.05) is 0 Å². The SMILES string of the molecule is CC(=O)c1ccc(F)cc1C=CCC(N)=O. The number of benzene rings is 1. The first-order valence-electron chi connectivity index (χ1n) is 4.76. The van der Waals surface area contributed by atoms with Crippen molar-refractivity contribution >= 4 is 17.8 Å². The Bertz CT molecular complexity index is 452. The van der Waals surface area contributed by atoms with E-state index in [4.69, 9.17) is 5.73 Å². The average molecular weight is 221 g/mol. The number of amides is 1. The second-order valence-electron chi connectivity index (χ2n) is 3.36. The molecular formula is C12H12FNO2. The third-order valence-corrected chi connectivity index (χ3v) is 2.01. The normalized spacial score (nSPS) is 10.6. The zero-order chi connectivity index (χ0) is 12.1. The number of halogens is 1. The van der Waals surface area contributed by atoms with Gasteiger partial charge in [0.25, 0.3) is 0 Å².